The molecule has 6 rings (SSSR count). The molecule has 0 fully saturated rings. The van der Waals surface area contributed by atoms with Crippen molar-refractivity contribution in [2.75, 3.05) is 5.32 Å². The summed E-state index contributed by atoms with van der Waals surface area (Å²) in [6.07, 6.45) is 7.14. The molecule has 7 nitrogen and oxygen atoms in total. The molecule has 6 aromatic rings. The number of rotatable bonds is 5. The van der Waals surface area contributed by atoms with Gasteiger partial charge in [-0.2, -0.15) is 5.10 Å². The van der Waals surface area contributed by atoms with E-state index in [4.69, 9.17) is 4.98 Å². The van der Waals surface area contributed by atoms with E-state index >= 15 is 0 Å². The van der Waals surface area contributed by atoms with Gasteiger partial charge < -0.3 is 10.3 Å². The lowest BCUT2D eigenvalue weighted by Gasteiger charge is -2.10. The van der Waals surface area contributed by atoms with Crippen molar-refractivity contribution in [3.05, 3.63) is 78.6 Å². The molecule has 0 amide bonds. The Morgan fingerprint density at radius 2 is 1.75 bits per heavy atom. The molecular formula is C28H24FN7. The predicted octanol–water partition coefficient (Wildman–Crippen LogP) is 6.50. The zero-order valence-electron chi connectivity index (χ0n) is 20.1. The number of anilines is 1. The lowest BCUT2D eigenvalue weighted by Crippen LogP contribution is -2.09. The van der Waals surface area contributed by atoms with Gasteiger partial charge in [-0.1, -0.05) is 6.07 Å². The maximum atomic E-state index is 14.1. The molecule has 0 aliphatic carbocycles. The van der Waals surface area contributed by atoms with E-state index in [0.29, 0.717) is 11.7 Å². The van der Waals surface area contributed by atoms with Gasteiger partial charge in [0.2, 0.25) is 0 Å². The molecule has 0 saturated heterocycles. The Kier molecular flexibility index (Phi) is 5.21. The number of aromatic nitrogens is 6. The first-order valence-electron chi connectivity index (χ1n) is 11.8. The molecule has 0 unspecified atom stereocenters. The van der Waals surface area contributed by atoms with Gasteiger partial charge in [0.15, 0.2) is 0 Å². The molecule has 0 aliphatic rings. The molecule has 5 heterocycles. The van der Waals surface area contributed by atoms with Crippen LogP contribution in [0.5, 0.6) is 0 Å². The van der Waals surface area contributed by atoms with Crippen molar-refractivity contribution in [2.45, 2.75) is 26.8 Å². The Morgan fingerprint density at radius 3 is 2.58 bits per heavy atom. The van der Waals surface area contributed by atoms with Crippen LogP contribution in [-0.2, 0) is 0 Å². The second-order valence-electron chi connectivity index (χ2n) is 9.27. The van der Waals surface area contributed by atoms with Crippen LogP contribution in [0.25, 0.3) is 55.7 Å². The van der Waals surface area contributed by atoms with Crippen LogP contribution in [0.4, 0.5) is 10.1 Å². The molecular weight excluding hydrogens is 453 g/mol. The van der Waals surface area contributed by atoms with E-state index in [-0.39, 0.29) is 5.82 Å². The monoisotopic (exact) mass is 477 g/mol. The summed E-state index contributed by atoms with van der Waals surface area (Å²) in [5.74, 6) is -0.269. The summed E-state index contributed by atoms with van der Waals surface area (Å²) in [6, 6.07) is 13.3. The standard InChI is InChI=1S/C28H24FN7/c1-15(2)32-20-9-18(11-30-12-20)23-4-5-24-27(34-23)28(36-35-24)25-10-21-22(13-31-14-26(21)33-25)17-6-16(3)7-19(29)8-17/h4-15,32-33H,1-3H3,(H,35,36). The number of nitrogens with zero attached hydrogens (tertiary/aromatic N) is 4. The summed E-state index contributed by atoms with van der Waals surface area (Å²) in [7, 11) is 0. The largest absolute Gasteiger partial charge is 0.382 e. The second-order valence-corrected chi connectivity index (χ2v) is 9.27. The maximum Gasteiger partial charge on any atom is 0.135 e. The van der Waals surface area contributed by atoms with E-state index in [9.17, 15) is 4.39 Å². The van der Waals surface area contributed by atoms with Crippen molar-refractivity contribution < 1.29 is 4.39 Å². The summed E-state index contributed by atoms with van der Waals surface area (Å²) >= 11 is 0. The van der Waals surface area contributed by atoms with Crippen LogP contribution >= 0.6 is 0 Å². The van der Waals surface area contributed by atoms with E-state index in [0.717, 1.165) is 61.3 Å². The number of benzene rings is 1. The molecule has 178 valence electrons. The Balaban J connectivity index is 1.45. The van der Waals surface area contributed by atoms with E-state index in [1.54, 1.807) is 18.6 Å². The van der Waals surface area contributed by atoms with Gasteiger partial charge in [-0.25, -0.2) is 9.37 Å². The fraction of sp³-hybridized carbons (Fsp3) is 0.143. The molecule has 0 spiro atoms. The van der Waals surface area contributed by atoms with E-state index in [2.05, 4.69) is 44.3 Å². The second kappa shape index (κ2) is 8.57. The molecule has 0 aliphatic heterocycles. The fourth-order valence-corrected chi connectivity index (χ4v) is 4.54. The van der Waals surface area contributed by atoms with Crippen LogP contribution < -0.4 is 5.32 Å². The van der Waals surface area contributed by atoms with Gasteiger partial charge in [0, 0.05) is 41.1 Å². The third-order valence-corrected chi connectivity index (χ3v) is 6.05. The van der Waals surface area contributed by atoms with Crippen LogP contribution in [0.3, 0.4) is 0 Å². The highest BCUT2D eigenvalue weighted by molar-refractivity contribution is 6.00. The topological polar surface area (TPSA) is 95.2 Å². The number of hydrogen-bond donors (Lipinski definition) is 3. The first kappa shape index (κ1) is 21.9. The minimum atomic E-state index is -0.269. The quantitative estimate of drug-likeness (QED) is 0.263. The summed E-state index contributed by atoms with van der Waals surface area (Å²) in [4.78, 5) is 17.1. The zero-order chi connectivity index (χ0) is 24.8. The number of fused-ring (bicyclic) bond motifs is 2. The maximum absolute atomic E-state index is 14.1. The van der Waals surface area contributed by atoms with Crippen molar-refractivity contribution in [3.8, 4) is 33.8 Å². The number of nitrogens with one attached hydrogen (secondary N) is 3. The predicted molar refractivity (Wildman–Crippen MR) is 141 cm³/mol. The summed E-state index contributed by atoms with van der Waals surface area (Å²) in [5.41, 5.74) is 9.08. The number of aromatic amines is 2. The van der Waals surface area contributed by atoms with Crippen molar-refractivity contribution in [1.82, 2.24) is 30.1 Å². The molecule has 3 N–H and O–H groups in total. The molecule has 0 saturated carbocycles. The van der Waals surface area contributed by atoms with Crippen LogP contribution in [0.15, 0.2) is 67.3 Å². The average molecular weight is 478 g/mol. The number of H-pyrrole nitrogens is 2. The van der Waals surface area contributed by atoms with Crippen LogP contribution in [0.2, 0.25) is 0 Å². The normalized spacial score (nSPS) is 11.6. The Hall–Kier alpha value is -4.59. The first-order valence-corrected chi connectivity index (χ1v) is 11.8. The zero-order valence-corrected chi connectivity index (χ0v) is 20.1. The third-order valence-electron chi connectivity index (χ3n) is 6.05. The van der Waals surface area contributed by atoms with Gasteiger partial charge in [0.1, 0.15) is 17.0 Å². The fourth-order valence-electron chi connectivity index (χ4n) is 4.54. The van der Waals surface area contributed by atoms with Crippen LogP contribution in [-0.4, -0.2) is 36.2 Å². The lowest BCUT2D eigenvalue weighted by atomic mass is 10.0. The minimum Gasteiger partial charge on any atom is -0.382 e. The van der Waals surface area contributed by atoms with E-state index in [1.807, 2.05) is 43.5 Å². The molecule has 8 heteroatoms. The highest BCUT2D eigenvalue weighted by atomic mass is 19.1. The van der Waals surface area contributed by atoms with E-state index in [1.165, 1.54) is 12.1 Å². The number of pyridine rings is 3. The average Bonchev–Trinajstić information content (AvgIpc) is 3.46. The summed E-state index contributed by atoms with van der Waals surface area (Å²) < 4.78 is 14.1. The van der Waals surface area contributed by atoms with Gasteiger partial charge in [-0.3, -0.25) is 15.1 Å². The Bertz CT molecular complexity index is 1710. The van der Waals surface area contributed by atoms with Crippen molar-refractivity contribution in [1.29, 1.82) is 0 Å². The minimum absolute atomic E-state index is 0.269. The number of aryl methyl sites for hydroxylation is 1. The summed E-state index contributed by atoms with van der Waals surface area (Å²) in [6.45, 7) is 6.06. The highest BCUT2D eigenvalue weighted by Gasteiger charge is 2.16. The SMILES string of the molecule is Cc1cc(F)cc(-c2cncc3[nH]c(-c4n[nH]c5ccc(-c6cncc(NC(C)C)c6)nc45)cc23)c1. The molecule has 1 aromatic carbocycles. The molecule has 0 radical (unpaired) electrons. The molecule has 0 bridgehead atoms. The highest BCUT2D eigenvalue weighted by Crippen LogP contribution is 2.34. The number of hydrogen-bond acceptors (Lipinski definition) is 5. The first-order chi connectivity index (χ1) is 17.4. The lowest BCUT2D eigenvalue weighted by molar-refractivity contribution is 0.627. The van der Waals surface area contributed by atoms with Crippen molar-refractivity contribution in [3.63, 3.8) is 0 Å². The smallest absolute Gasteiger partial charge is 0.135 e. The summed E-state index contributed by atoms with van der Waals surface area (Å²) in [5, 5.41) is 12.0. The molecule has 5 aromatic heterocycles. The molecule has 0 atom stereocenters. The van der Waals surface area contributed by atoms with Crippen LogP contribution in [0.1, 0.15) is 19.4 Å². The Labute approximate surface area is 206 Å². The van der Waals surface area contributed by atoms with Crippen LogP contribution in [0, 0.1) is 12.7 Å². The van der Waals surface area contributed by atoms with Crippen molar-refractivity contribution >= 4 is 27.6 Å². The number of halogens is 1. The molecule has 36 heavy (non-hydrogen) atoms. The van der Waals surface area contributed by atoms with Gasteiger partial charge in [0.25, 0.3) is 0 Å². The van der Waals surface area contributed by atoms with E-state index < -0.39 is 0 Å². The van der Waals surface area contributed by atoms with Crippen molar-refractivity contribution in [2.24, 2.45) is 0 Å². The van der Waals surface area contributed by atoms with Gasteiger partial charge in [-0.15, -0.1) is 0 Å². The van der Waals surface area contributed by atoms with Gasteiger partial charge >= 0.3 is 0 Å². The van der Waals surface area contributed by atoms with Gasteiger partial charge in [-0.05, 0) is 68.3 Å². The Morgan fingerprint density at radius 1 is 0.889 bits per heavy atom. The third kappa shape index (κ3) is 3.96. The van der Waals surface area contributed by atoms with Gasteiger partial charge in [0.05, 0.1) is 34.3 Å².